The van der Waals surface area contributed by atoms with Crippen molar-refractivity contribution >= 4 is 0 Å². The number of likely N-dealkylation sites (tertiary alicyclic amines) is 1. The van der Waals surface area contributed by atoms with Gasteiger partial charge in [0.25, 0.3) is 0 Å². The Bertz CT molecular complexity index is 363. The number of hydrogen-bond acceptors (Lipinski definition) is 2. The van der Waals surface area contributed by atoms with Crippen molar-refractivity contribution in [3.05, 3.63) is 35.6 Å². The Morgan fingerprint density at radius 1 is 1.35 bits per heavy atom. The molecule has 2 N–H and O–H groups in total. The molecule has 0 saturated carbocycles. The first kappa shape index (κ1) is 12.5. The van der Waals surface area contributed by atoms with Gasteiger partial charge in [0.2, 0.25) is 0 Å². The van der Waals surface area contributed by atoms with Gasteiger partial charge >= 0.3 is 0 Å². The summed E-state index contributed by atoms with van der Waals surface area (Å²) in [7, 11) is 2.12. The van der Waals surface area contributed by atoms with Crippen LogP contribution in [0.15, 0.2) is 24.3 Å². The minimum atomic E-state index is -0.173. The van der Waals surface area contributed by atoms with Crippen LogP contribution in [0.25, 0.3) is 0 Å². The number of aryl methyl sites for hydroxylation is 1. The predicted molar refractivity (Wildman–Crippen MR) is 68.4 cm³/mol. The van der Waals surface area contributed by atoms with Crippen LogP contribution in [0.2, 0.25) is 0 Å². The topological polar surface area (TPSA) is 29.3 Å². The van der Waals surface area contributed by atoms with Crippen LogP contribution < -0.4 is 5.73 Å². The second-order valence-corrected chi connectivity index (χ2v) is 5.33. The normalized spacial score (nSPS) is 26.1. The van der Waals surface area contributed by atoms with Gasteiger partial charge in [-0.2, -0.15) is 0 Å². The van der Waals surface area contributed by atoms with E-state index in [4.69, 9.17) is 5.73 Å². The fourth-order valence-electron chi connectivity index (χ4n) is 2.65. The number of rotatable bonds is 3. The van der Waals surface area contributed by atoms with Crippen molar-refractivity contribution in [1.29, 1.82) is 0 Å². The van der Waals surface area contributed by atoms with Gasteiger partial charge in [-0.3, -0.25) is 0 Å². The summed E-state index contributed by atoms with van der Waals surface area (Å²) in [4.78, 5) is 2.30. The van der Waals surface area contributed by atoms with Crippen LogP contribution in [0.5, 0.6) is 0 Å². The molecule has 1 fully saturated rings. The maximum atomic E-state index is 12.8. The Hall–Kier alpha value is -0.930. The summed E-state index contributed by atoms with van der Waals surface area (Å²) < 4.78 is 12.8. The van der Waals surface area contributed by atoms with Gasteiger partial charge in [0.15, 0.2) is 0 Å². The molecule has 2 rings (SSSR count). The first-order chi connectivity index (χ1) is 8.07. The Kier molecular flexibility index (Phi) is 3.79. The molecule has 94 valence electrons. The molecular formula is C14H21FN2. The third kappa shape index (κ3) is 3.51. The van der Waals surface area contributed by atoms with Crippen LogP contribution >= 0.6 is 0 Å². The van der Waals surface area contributed by atoms with Gasteiger partial charge in [0, 0.05) is 12.1 Å². The molecule has 3 heteroatoms. The highest BCUT2D eigenvalue weighted by atomic mass is 19.1. The Labute approximate surface area is 103 Å². The van der Waals surface area contributed by atoms with E-state index in [1.165, 1.54) is 24.1 Å². The number of halogens is 1. The Balaban J connectivity index is 1.90. The average molecular weight is 236 g/mol. The highest BCUT2D eigenvalue weighted by Gasteiger charge is 2.29. The molecule has 1 unspecified atom stereocenters. The van der Waals surface area contributed by atoms with Crippen molar-refractivity contribution in [2.75, 3.05) is 20.1 Å². The molecular weight excluding hydrogens is 215 g/mol. The maximum absolute atomic E-state index is 12.8. The monoisotopic (exact) mass is 236 g/mol. The highest BCUT2D eigenvalue weighted by molar-refractivity contribution is 5.16. The third-order valence-corrected chi connectivity index (χ3v) is 3.62. The van der Waals surface area contributed by atoms with E-state index in [9.17, 15) is 4.39 Å². The van der Waals surface area contributed by atoms with Crippen LogP contribution in [0.4, 0.5) is 4.39 Å². The van der Waals surface area contributed by atoms with Crippen molar-refractivity contribution in [1.82, 2.24) is 4.90 Å². The molecule has 0 aromatic heterocycles. The number of nitrogens with zero attached hydrogens (tertiary/aromatic N) is 1. The second kappa shape index (κ2) is 5.15. The number of benzene rings is 1. The second-order valence-electron chi connectivity index (χ2n) is 5.33. The molecule has 0 aliphatic carbocycles. The lowest BCUT2D eigenvalue weighted by Gasteiger charge is -2.38. The van der Waals surface area contributed by atoms with Crippen LogP contribution in [-0.4, -0.2) is 30.6 Å². The van der Waals surface area contributed by atoms with Gasteiger partial charge in [-0.25, -0.2) is 4.39 Å². The summed E-state index contributed by atoms with van der Waals surface area (Å²) in [6.07, 6.45) is 4.18. The standard InChI is InChI=1S/C14H21FN2/c1-17-10-2-8-14(16,11-17)9-7-12-3-5-13(15)6-4-12/h3-6H,2,7-11,16H2,1H3. The van der Waals surface area contributed by atoms with E-state index in [-0.39, 0.29) is 11.4 Å². The first-order valence-electron chi connectivity index (χ1n) is 6.29. The summed E-state index contributed by atoms with van der Waals surface area (Å²) in [5.41, 5.74) is 7.51. The lowest BCUT2D eigenvalue weighted by atomic mass is 9.85. The molecule has 1 atom stereocenters. The van der Waals surface area contributed by atoms with Crippen LogP contribution in [0.3, 0.4) is 0 Å². The minimum absolute atomic E-state index is 0.0681. The van der Waals surface area contributed by atoms with Crippen molar-refractivity contribution < 1.29 is 4.39 Å². The lowest BCUT2D eigenvalue weighted by Crippen LogP contribution is -2.53. The summed E-state index contributed by atoms with van der Waals surface area (Å²) in [6, 6.07) is 6.74. The van der Waals surface area contributed by atoms with E-state index in [0.29, 0.717) is 0 Å². The fraction of sp³-hybridized carbons (Fsp3) is 0.571. The predicted octanol–water partition coefficient (Wildman–Crippen LogP) is 2.18. The summed E-state index contributed by atoms with van der Waals surface area (Å²) in [6.45, 7) is 2.11. The summed E-state index contributed by atoms with van der Waals surface area (Å²) in [5, 5.41) is 0. The number of likely N-dealkylation sites (N-methyl/N-ethyl adjacent to an activating group) is 1. The van der Waals surface area contributed by atoms with E-state index in [1.54, 1.807) is 0 Å². The Morgan fingerprint density at radius 3 is 2.71 bits per heavy atom. The molecule has 1 aromatic carbocycles. The van der Waals surface area contributed by atoms with Crippen LogP contribution in [0.1, 0.15) is 24.8 Å². The van der Waals surface area contributed by atoms with Crippen molar-refractivity contribution in [2.24, 2.45) is 5.73 Å². The van der Waals surface area contributed by atoms with E-state index in [0.717, 1.165) is 32.4 Å². The molecule has 17 heavy (non-hydrogen) atoms. The molecule has 1 aliphatic heterocycles. The molecule has 1 aliphatic rings. The smallest absolute Gasteiger partial charge is 0.123 e. The van der Waals surface area contributed by atoms with Gasteiger partial charge in [-0.1, -0.05) is 12.1 Å². The van der Waals surface area contributed by atoms with E-state index < -0.39 is 0 Å². The van der Waals surface area contributed by atoms with Crippen molar-refractivity contribution in [3.8, 4) is 0 Å². The number of hydrogen-bond donors (Lipinski definition) is 1. The van der Waals surface area contributed by atoms with Crippen molar-refractivity contribution in [3.63, 3.8) is 0 Å². The van der Waals surface area contributed by atoms with E-state index in [1.807, 2.05) is 12.1 Å². The molecule has 1 aromatic rings. The van der Waals surface area contributed by atoms with Gasteiger partial charge in [0.1, 0.15) is 5.82 Å². The third-order valence-electron chi connectivity index (χ3n) is 3.62. The lowest BCUT2D eigenvalue weighted by molar-refractivity contribution is 0.170. The fourth-order valence-corrected chi connectivity index (χ4v) is 2.65. The minimum Gasteiger partial charge on any atom is -0.324 e. The largest absolute Gasteiger partial charge is 0.324 e. The van der Waals surface area contributed by atoms with Crippen LogP contribution in [0, 0.1) is 5.82 Å². The SMILES string of the molecule is CN1CCCC(N)(CCc2ccc(F)cc2)C1. The quantitative estimate of drug-likeness (QED) is 0.871. The number of nitrogens with two attached hydrogens (primary N) is 1. The van der Waals surface area contributed by atoms with Gasteiger partial charge < -0.3 is 10.6 Å². The highest BCUT2D eigenvalue weighted by Crippen LogP contribution is 2.23. The molecule has 0 amide bonds. The molecule has 0 bridgehead atoms. The van der Waals surface area contributed by atoms with Crippen molar-refractivity contribution in [2.45, 2.75) is 31.2 Å². The van der Waals surface area contributed by atoms with E-state index in [2.05, 4.69) is 11.9 Å². The first-order valence-corrected chi connectivity index (χ1v) is 6.29. The molecule has 0 radical (unpaired) electrons. The zero-order chi connectivity index (χ0) is 12.3. The van der Waals surface area contributed by atoms with Crippen LogP contribution in [-0.2, 0) is 6.42 Å². The molecule has 2 nitrogen and oxygen atoms in total. The average Bonchev–Trinajstić information content (AvgIpc) is 2.28. The summed E-state index contributed by atoms with van der Waals surface area (Å²) in [5.74, 6) is -0.173. The zero-order valence-electron chi connectivity index (χ0n) is 10.5. The number of piperidine rings is 1. The van der Waals surface area contributed by atoms with E-state index >= 15 is 0 Å². The molecule has 1 heterocycles. The maximum Gasteiger partial charge on any atom is 0.123 e. The zero-order valence-corrected chi connectivity index (χ0v) is 10.5. The van der Waals surface area contributed by atoms with Gasteiger partial charge in [-0.15, -0.1) is 0 Å². The molecule has 1 saturated heterocycles. The Morgan fingerprint density at radius 2 is 2.06 bits per heavy atom. The van der Waals surface area contributed by atoms with Gasteiger partial charge in [0.05, 0.1) is 0 Å². The molecule has 0 spiro atoms. The summed E-state index contributed by atoms with van der Waals surface area (Å²) >= 11 is 0. The van der Waals surface area contributed by atoms with Gasteiger partial charge in [-0.05, 0) is 57.0 Å².